The molecule has 4 N–H and O–H groups in total. The van der Waals surface area contributed by atoms with E-state index in [9.17, 15) is 14.4 Å². The first kappa shape index (κ1) is 16.5. The maximum atomic E-state index is 11.3. The Balaban J connectivity index is 3.71. The topological polar surface area (TPSA) is 108 Å². The monoisotopic (exact) mass is 259 g/mol. The number of hydrogen-bond donors (Lipinski definition) is 4. The molecular formula is C11H21N3O4. The molecule has 0 aliphatic rings. The summed E-state index contributed by atoms with van der Waals surface area (Å²) < 4.78 is 0. The van der Waals surface area contributed by atoms with Crippen LogP contribution in [0.2, 0.25) is 0 Å². The zero-order chi connectivity index (χ0) is 14.0. The van der Waals surface area contributed by atoms with Crippen LogP contribution in [0.1, 0.15) is 20.3 Å². The SMILES string of the molecule is CC(C)NCCC(=O)NCC(=O)NC(C=O)CO. The lowest BCUT2D eigenvalue weighted by Crippen LogP contribution is -2.44. The van der Waals surface area contributed by atoms with E-state index in [4.69, 9.17) is 5.11 Å². The molecular weight excluding hydrogens is 238 g/mol. The van der Waals surface area contributed by atoms with Crippen LogP contribution in [0, 0.1) is 0 Å². The van der Waals surface area contributed by atoms with Gasteiger partial charge in [-0.25, -0.2) is 0 Å². The third-order valence-corrected chi connectivity index (χ3v) is 2.06. The molecule has 7 nitrogen and oxygen atoms in total. The van der Waals surface area contributed by atoms with Crippen molar-refractivity contribution in [3.63, 3.8) is 0 Å². The largest absolute Gasteiger partial charge is 0.394 e. The van der Waals surface area contributed by atoms with Gasteiger partial charge in [-0.3, -0.25) is 9.59 Å². The second-order valence-corrected chi connectivity index (χ2v) is 4.13. The fourth-order valence-corrected chi connectivity index (χ4v) is 1.12. The first-order valence-electron chi connectivity index (χ1n) is 5.85. The molecule has 0 fully saturated rings. The van der Waals surface area contributed by atoms with Gasteiger partial charge < -0.3 is 25.9 Å². The molecule has 0 aromatic heterocycles. The molecule has 0 bridgehead atoms. The Labute approximate surface area is 106 Å². The Bertz CT molecular complexity index is 281. The summed E-state index contributed by atoms with van der Waals surface area (Å²) in [5.41, 5.74) is 0. The molecule has 0 radical (unpaired) electrons. The van der Waals surface area contributed by atoms with Crippen molar-refractivity contribution in [1.82, 2.24) is 16.0 Å². The van der Waals surface area contributed by atoms with Crippen molar-refractivity contribution in [1.29, 1.82) is 0 Å². The molecule has 0 aromatic carbocycles. The van der Waals surface area contributed by atoms with E-state index in [0.29, 0.717) is 18.9 Å². The fourth-order valence-electron chi connectivity index (χ4n) is 1.12. The molecule has 1 unspecified atom stereocenters. The lowest BCUT2D eigenvalue weighted by Gasteiger charge is -2.11. The van der Waals surface area contributed by atoms with Crippen LogP contribution in [-0.4, -0.2) is 55.0 Å². The van der Waals surface area contributed by atoms with Crippen LogP contribution >= 0.6 is 0 Å². The summed E-state index contributed by atoms with van der Waals surface area (Å²) in [6, 6.07) is -0.615. The van der Waals surface area contributed by atoms with Gasteiger partial charge in [0.15, 0.2) is 0 Å². The van der Waals surface area contributed by atoms with Gasteiger partial charge in [-0.2, -0.15) is 0 Å². The summed E-state index contributed by atoms with van der Waals surface area (Å²) in [5.74, 6) is -0.753. The summed E-state index contributed by atoms with van der Waals surface area (Å²) in [7, 11) is 0. The smallest absolute Gasteiger partial charge is 0.240 e. The second-order valence-electron chi connectivity index (χ2n) is 4.13. The van der Waals surface area contributed by atoms with E-state index in [-0.39, 0.29) is 18.9 Å². The van der Waals surface area contributed by atoms with Crippen molar-refractivity contribution in [2.45, 2.75) is 32.4 Å². The third-order valence-electron chi connectivity index (χ3n) is 2.06. The van der Waals surface area contributed by atoms with Crippen LogP contribution in [0.5, 0.6) is 0 Å². The van der Waals surface area contributed by atoms with Gasteiger partial charge in [0.25, 0.3) is 0 Å². The van der Waals surface area contributed by atoms with Gasteiger partial charge >= 0.3 is 0 Å². The predicted octanol–water partition coefficient (Wildman–Crippen LogP) is -1.83. The molecule has 0 spiro atoms. The number of carbonyl (C=O) groups is 3. The van der Waals surface area contributed by atoms with Gasteiger partial charge in [0.1, 0.15) is 12.3 Å². The van der Waals surface area contributed by atoms with E-state index in [0.717, 1.165) is 0 Å². The number of nitrogens with one attached hydrogen (secondary N) is 3. The average Bonchev–Trinajstić information content (AvgIpc) is 2.33. The quantitative estimate of drug-likeness (QED) is 0.364. The van der Waals surface area contributed by atoms with Crippen LogP contribution in [0.4, 0.5) is 0 Å². The first-order chi connectivity index (χ1) is 8.49. The van der Waals surface area contributed by atoms with E-state index >= 15 is 0 Å². The van der Waals surface area contributed by atoms with E-state index in [1.807, 2.05) is 13.8 Å². The Morgan fingerprint density at radius 1 is 1.28 bits per heavy atom. The third kappa shape index (κ3) is 8.66. The second kappa shape index (κ2) is 9.55. The van der Waals surface area contributed by atoms with Gasteiger partial charge in [0.05, 0.1) is 13.2 Å². The number of hydrogen-bond acceptors (Lipinski definition) is 5. The van der Waals surface area contributed by atoms with E-state index in [2.05, 4.69) is 16.0 Å². The number of aliphatic hydroxyl groups excluding tert-OH is 1. The normalized spacial score (nSPS) is 12.0. The fraction of sp³-hybridized carbons (Fsp3) is 0.727. The van der Waals surface area contributed by atoms with Crippen molar-refractivity contribution in [3.05, 3.63) is 0 Å². The van der Waals surface area contributed by atoms with Crippen molar-refractivity contribution in [3.8, 4) is 0 Å². The number of carbonyl (C=O) groups excluding carboxylic acids is 3. The number of amides is 2. The molecule has 18 heavy (non-hydrogen) atoms. The van der Waals surface area contributed by atoms with Gasteiger partial charge in [0.2, 0.25) is 11.8 Å². The lowest BCUT2D eigenvalue weighted by atomic mass is 10.3. The molecule has 0 saturated heterocycles. The average molecular weight is 259 g/mol. The lowest BCUT2D eigenvalue weighted by molar-refractivity contribution is -0.127. The highest BCUT2D eigenvalue weighted by atomic mass is 16.3. The van der Waals surface area contributed by atoms with Crippen molar-refractivity contribution >= 4 is 18.1 Å². The minimum absolute atomic E-state index is 0.204. The zero-order valence-corrected chi connectivity index (χ0v) is 10.7. The molecule has 7 heteroatoms. The van der Waals surface area contributed by atoms with Gasteiger partial charge in [-0.15, -0.1) is 0 Å². The molecule has 0 rings (SSSR count). The summed E-state index contributed by atoms with van der Waals surface area (Å²) in [6.45, 7) is 3.82. The van der Waals surface area contributed by atoms with E-state index in [1.165, 1.54) is 0 Å². The van der Waals surface area contributed by atoms with Crippen LogP contribution in [0.25, 0.3) is 0 Å². The Morgan fingerprint density at radius 3 is 2.44 bits per heavy atom. The highest BCUT2D eigenvalue weighted by Crippen LogP contribution is 1.82. The molecule has 0 aromatic rings. The Kier molecular flexibility index (Phi) is 8.77. The van der Waals surface area contributed by atoms with Crippen LogP contribution in [-0.2, 0) is 14.4 Å². The van der Waals surface area contributed by atoms with Crippen LogP contribution < -0.4 is 16.0 Å². The summed E-state index contributed by atoms with van der Waals surface area (Å²) in [5, 5.41) is 16.4. The summed E-state index contributed by atoms with van der Waals surface area (Å²) >= 11 is 0. The maximum absolute atomic E-state index is 11.3. The van der Waals surface area contributed by atoms with Gasteiger partial charge in [-0.05, 0) is 0 Å². The standard InChI is InChI=1S/C11H21N3O4/c1-8(2)12-4-3-10(17)13-5-11(18)14-9(6-15)7-16/h6,8-9,12,16H,3-5,7H2,1-2H3,(H,13,17)(H,14,18). The first-order valence-corrected chi connectivity index (χ1v) is 5.85. The Morgan fingerprint density at radius 2 is 1.94 bits per heavy atom. The Hall–Kier alpha value is -1.47. The minimum atomic E-state index is -0.919. The van der Waals surface area contributed by atoms with Gasteiger partial charge in [0, 0.05) is 19.0 Å². The van der Waals surface area contributed by atoms with Crippen molar-refractivity contribution < 1.29 is 19.5 Å². The molecule has 0 aliphatic carbocycles. The molecule has 0 heterocycles. The molecule has 2 amide bonds. The highest BCUT2D eigenvalue weighted by Gasteiger charge is 2.10. The molecule has 0 aliphatic heterocycles. The highest BCUT2D eigenvalue weighted by molar-refractivity contribution is 5.86. The molecule has 0 saturated carbocycles. The van der Waals surface area contributed by atoms with Crippen LogP contribution in [0.15, 0.2) is 0 Å². The van der Waals surface area contributed by atoms with Crippen LogP contribution in [0.3, 0.4) is 0 Å². The van der Waals surface area contributed by atoms with Gasteiger partial charge in [-0.1, -0.05) is 13.8 Å². The van der Waals surface area contributed by atoms with Crippen molar-refractivity contribution in [2.75, 3.05) is 19.7 Å². The van der Waals surface area contributed by atoms with E-state index < -0.39 is 18.6 Å². The minimum Gasteiger partial charge on any atom is -0.394 e. The maximum Gasteiger partial charge on any atom is 0.240 e. The number of aliphatic hydroxyl groups is 1. The summed E-state index contributed by atoms with van der Waals surface area (Å²) in [6.07, 6.45) is 0.717. The van der Waals surface area contributed by atoms with Crippen molar-refractivity contribution in [2.24, 2.45) is 0 Å². The summed E-state index contributed by atoms with van der Waals surface area (Å²) in [4.78, 5) is 32.9. The molecule has 104 valence electrons. The van der Waals surface area contributed by atoms with E-state index in [1.54, 1.807) is 0 Å². The number of rotatable bonds is 9. The zero-order valence-electron chi connectivity index (χ0n) is 10.7. The predicted molar refractivity (Wildman–Crippen MR) is 65.8 cm³/mol. The number of aldehydes is 1. The molecule has 1 atom stereocenters.